The molecule has 35 heavy (non-hydrogen) atoms. The molecule has 0 bridgehead atoms. The molecule has 5 rings (SSSR count). The van der Waals surface area contributed by atoms with E-state index in [-0.39, 0.29) is 11.4 Å². The largest absolute Gasteiger partial charge is 0.363 e. The summed E-state index contributed by atoms with van der Waals surface area (Å²) in [4.78, 5) is 34.7. The van der Waals surface area contributed by atoms with E-state index in [2.05, 4.69) is 26.3 Å². The van der Waals surface area contributed by atoms with Crippen molar-refractivity contribution in [1.82, 2.24) is 24.8 Å². The molecule has 3 aromatic heterocycles. The smallest absolute Gasteiger partial charge is 0.230 e. The van der Waals surface area contributed by atoms with Crippen LogP contribution in [0.25, 0.3) is 11.4 Å². The van der Waals surface area contributed by atoms with E-state index in [4.69, 9.17) is 4.98 Å². The number of hydrogen-bond acceptors (Lipinski definition) is 7. The molecule has 0 aliphatic carbocycles. The molecule has 182 valence electrons. The topological polar surface area (TPSA) is 87.1 Å². The second kappa shape index (κ2) is 8.87. The summed E-state index contributed by atoms with van der Waals surface area (Å²) in [5.41, 5.74) is 3.10. The molecule has 1 saturated heterocycles. The van der Waals surface area contributed by atoms with Crippen molar-refractivity contribution in [3.63, 3.8) is 0 Å². The lowest BCUT2D eigenvalue weighted by atomic mass is 9.86. The summed E-state index contributed by atoms with van der Waals surface area (Å²) in [6.07, 6.45) is 7.25. The first-order chi connectivity index (χ1) is 16.8. The molecule has 2 atom stereocenters. The zero-order chi connectivity index (χ0) is 24.7. The summed E-state index contributed by atoms with van der Waals surface area (Å²) in [6, 6.07) is 5.59. The minimum atomic E-state index is -0.587. The molecule has 0 unspecified atom stereocenters. The summed E-state index contributed by atoms with van der Waals surface area (Å²) in [7, 11) is 3.69. The number of likely N-dealkylation sites (tertiary alicyclic amines) is 1. The van der Waals surface area contributed by atoms with Gasteiger partial charge < -0.3 is 15.1 Å². The van der Waals surface area contributed by atoms with Gasteiger partial charge in [0.05, 0.1) is 23.3 Å². The molecule has 2 aliphatic heterocycles. The van der Waals surface area contributed by atoms with Crippen molar-refractivity contribution in [2.75, 3.05) is 37.4 Å². The molecule has 1 N–H and O–H groups in total. The Morgan fingerprint density at radius 2 is 1.97 bits per heavy atom. The van der Waals surface area contributed by atoms with Crippen LogP contribution in [0.4, 0.5) is 16.0 Å². The fraction of sp³-hybridized carbons (Fsp3) is 0.423. The lowest BCUT2D eigenvalue weighted by molar-refractivity contribution is -0.131. The quantitative estimate of drug-likeness (QED) is 0.617. The van der Waals surface area contributed by atoms with Crippen LogP contribution in [-0.4, -0.2) is 63.5 Å². The average molecular weight is 476 g/mol. The first-order valence-electron chi connectivity index (χ1n) is 11.9. The van der Waals surface area contributed by atoms with E-state index in [1.165, 1.54) is 6.20 Å². The number of pyridine rings is 2. The van der Waals surface area contributed by atoms with Crippen LogP contribution in [0.15, 0.2) is 36.8 Å². The minimum absolute atomic E-state index is 0.0648. The van der Waals surface area contributed by atoms with Crippen LogP contribution < -0.4 is 10.2 Å². The SMILES string of the molecule is Cc1nc2c(cc1-c1ncccn1)CC[C@@]1(CCN(C(=O)[C@@H](C)c3cc(N(C)C)ncc3F)C1)N2. The third-order valence-electron chi connectivity index (χ3n) is 7.19. The van der Waals surface area contributed by atoms with Crippen LogP contribution in [0, 0.1) is 12.7 Å². The Kier molecular flexibility index (Phi) is 5.86. The Hall–Kier alpha value is -3.62. The fourth-order valence-corrected chi connectivity index (χ4v) is 5.09. The number of nitrogens with zero attached hydrogens (tertiary/aromatic N) is 6. The highest BCUT2D eigenvalue weighted by atomic mass is 19.1. The van der Waals surface area contributed by atoms with Gasteiger partial charge in [0.25, 0.3) is 0 Å². The number of fused-ring (bicyclic) bond motifs is 1. The normalized spacial score (nSPS) is 19.9. The maximum Gasteiger partial charge on any atom is 0.230 e. The Balaban J connectivity index is 1.33. The van der Waals surface area contributed by atoms with Gasteiger partial charge in [-0.05, 0) is 56.9 Å². The summed E-state index contributed by atoms with van der Waals surface area (Å²) in [5.74, 6) is 1.07. The molecule has 5 heterocycles. The lowest BCUT2D eigenvalue weighted by Gasteiger charge is -2.36. The van der Waals surface area contributed by atoms with Gasteiger partial charge in [-0.1, -0.05) is 0 Å². The summed E-state index contributed by atoms with van der Waals surface area (Å²) < 4.78 is 14.6. The van der Waals surface area contributed by atoms with E-state index >= 15 is 0 Å². The lowest BCUT2D eigenvalue weighted by Crippen LogP contribution is -2.46. The Morgan fingerprint density at radius 3 is 2.71 bits per heavy atom. The maximum absolute atomic E-state index is 14.6. The number of aromatic nitrogens is 4. The Labute approximate surface area is 204 Å². The Morgan fingerprint density at radius 1 is 1.20 bits per heavy atom. The number of halogens is 1. The molecule has 1 spiro atoms. The van der Waals surface area contributed by atoms with Gasteiger partial charge in [-0.15, -0.1) is 0 Å². The number of amides is 1. The summed E-state index contributed by atoms with van der Waals surface area (Å²) >= 11 is 0. The molecule has 0 saturated carbocycles. The molecule has 9 heteroatoms. The first kappa shape index (κ1) is 23.1. The number of carbonyl (C=O) groups excluding carboxylic acids is 1. The van der Waals surface area contributed by atoms with Gasteiger partial charge in [-0.3, -0.25) is 4.79 Å². The highest BCUT2D eigenvalue weighted by molar-refractivity contribution is 5.84. The highest BCUT2D eigenvalue weighted by Gasteiger charge is 2.43. The van der Waals surface area contributed by atoms with Crippen LogP contribution in [0.3, 0.4) is 0 Å². The zero-order valence-electron chi connectivity index (χ0n) is 20.5. The van der Waals surface area contributed by atoms with Crippen LogP contribution in [-0.2, 0) is 11.2 Å². The predicted octanol–water partition coefficient (Wildman–Crippen LogP) is 3.58. The van der Waals surface area contributed by atoms with Gasteiger partial charge in [-0.2, -0.15) is 0 Å². The van der Waals surface area contributed by atoms with Crippen molar-refractivity contribution in [3.05, 3.63) is 59.4 Å². The summed E-state index contributed by atoms with van der Waals surface area (Å²) in [5, 5.41) is 3.65. The number of carbonyl (C=O) groups is 1. The van der Waals surface area contributed by atoms with E-state index in [1.54, 1.807) is 36.4 Å². The standard InChI is InChI=1S/C26H30FN7O/c1-16(19-13-22(33(3)4)30-14-21(19)27)25(35)34-11-8-26(15-34)7-6-18-12-20(17(2)31-23(18)32-26)24-28-9-5-10-29-24/h5,9-10,12-14,16H,6-8,11,15H2,1-4H3,(H,31,32)/t16-,26-/m0/s1. The van der Waals surface area contributed by atoms with Gasteiger partial charge in [0.2, 0.25) is 5.91 Å². The van der Waals surface area contributed by atoms with E-state index in [0.29, 0.717) is 30.3 Å². The number of anilines is 2. The van der Waals surface area contributed by atoms with Gasteiger partial charge in [-0.25, -0.2) is 24.3 Å². The van der Waals surface area contributed by atoms with E-state index in [1.807, 2.05) is 25.9 Å². The molecular formula is C26H30FN7O. The number of hydrogen-bond donors (Lipinski definition) is 1. The highest BCUT2D eigenvalue weighted by Crippen LogP contribution is 2.38. The predicted molar refractivity (Wildman–Crippen MR) is 133 cm³/mol. The molecule has 3 aromatic rings. The molecule has 1 amide bonds. The van der Waals surface area contributed by atoms with Crippen molar-refractivity contribution >= 4 is 17.5 Å². The van der Waals surface area contributed by atoms with Gasteiger partial charge in [0, 0.05) is 50.7 Å². The van der Waals surface area contributed by atoms with Crippen molar-refractivity contribution in [1.29, 1.82) is 0 Å². The van der Waals surface area contributed by atoms with Crippen LogP contribution >= 0.6 is 0 Å². The van der Waals surface area contributed by atoms with E-state index in [9.17, 15) is 9.18 Å². The Bertz CT molecular complexity index is 1270. The van der Waals surface area contributed by atoms with Gasteiger partial charge >= 0.3 is 0 Å². The third kappa shape index (κ3) is 4.31. The molecule has 8 nitrogen and oxygen atoms in total. The third-order valence-corrected chi connectivity index (χ3v) is 7.19. The number of nitrogens with one attached hydrogen (secondary N) is 1. The van der Waals surface area contributed by atoms with Crippen LogP contribution in [0.2, 0.25) is 0 Å². The van der Waals surface area contributed by atoms with E-state index < -0.39 is 11.7 Å². The number of aryl methyl sites for hydroxylation is 2. The van der Waals surface area contributed by atoms with Gasteiger partial charge in [0.1, 0.15) is 17.5 Å². The second-order valence-electron chi connectivity index (χ2n) is 9.80. The minimum Gasteiger partial charge on any atom is -0.363 e. The van der Waals surface area contributed by atoms with Crippen molar-refractivity contribution in [3.8, 4) is 11.4 Å². The number of rotatable bonds is 4. The van der Waals surface area contributed by atoms with E-state index in [0.717, 1.165) is 41.9 Å². The summed E-state index contributed by atoms with van der Waals surface area (Å²) in [6.45, 7) is 4.94. The maximum atomic E-state index is 14.6. The average Bonchev–Trinajstić information content (AvgIpc) is 3.26. The molecule has 1 fully saturated rings. The second-order valence-corrected chi connectivity index (χ2v) is 9.80. The van der Waals surface area contributed by atoms with Crippen LogP contribution in [0.5, 0.6) is 0 Å². The molecule has 2 aliphatic rings. The first-order valence-corrected chi connectivity index (χ1v) is 11.9. The monoisotopic (exact) mass is 475 g/mol. The zero-order valence-corrected chi connectivity index (χ0v) is 20.5. The van der Waals surface area contributed by atoms with Crippen molar-refractivity contribution < 1.29 is 9.18 Å². The molecule has 0 aromatic carbocycles. The van der Waals surface area contributed by atoms with Gasteiger partial charge in [0.15, 0.2) is 5.82 Å². The fourth-order valence-electron chi connectivity index (χ4n) is 5.09. The van der Waals surface area contributed by atoms with Crippen molar-refractivity contribution in [2.24, 2.45) is 0 Å². The molecule has 0 radical (unpaired) electrons. The van der Waals surface area contributed by atoms with Crippen LogP contribution in [0.1, 0.15) is 42.5 Å². The molecular weight excluding hydrogens is 445 g/mol. The van der Waals surface area contributed by atoms with Crippen molar-refractivity contribution in [2.45, 2.75) is 44.6 Å².